The van der Waals surface area contributed by atoms with E-state index in [4.69, 9.17) is 16.1 Å². The molecule has 0 saturated carbocycles. The quantitative estimate of drug-likeness (QED) is 0.682. The van der Waals surface area contributed by atoms with E-state index < -0.39 is 27.2 Å². The van der Waals surface area contributed by atoms with Crippen LogP contribution in [0.2, 0.25) is 5.02 Å². The van der Waals surface area contributed by atoms with E-state index in [2.05, 4.69) is 10.1 Å². The lowest BCUT2D eigenvalue weighted by molar-refractivity contribution is 0.424. The van der Waals surface area contributed by atoms with Crippen LogP contribution in [0.4, 0.5) is 4.39 Å². The van der Waals surface area contributed by atoms with Gasteiger partial charge < -0.3 is 4.52 Å². The van der Waals surface area contributed by atoms with Crippen LogP contribution in [-0.2, 0) is 21.3 Å². The average Bonchev–Trinajstić information content (AvgIpc) is 3.13. The van der Waals surface area contributed by atoms with Crippen molar-refractivity contribution < 1.29 is 17.3 Å². The fourth-order valence-corrected chi connectivity index (χ4v) is 4.24. The first-order chi connectivity index (χ1) is 10.9. The van der Waals surface area contributed by atoms with Gasteiger partial charge in [0.2, 0.25) is 0 Å². The van der Waals surface area contributed by atoms with E-state index in [0.29, 0.717) is 0 Å². The topological polar surface area (TPSA) is 73.1 Å². The van der Waals surface area contributed by atoms with Crippen LogP contribution in [0.1, 0.15) is 11.4 Å². The molecule has 9 heteroatoms. The van der Waals surface area contributed by atoms with Crippen LogP contribution < -0.4 is 0 Å². The molecule has 0 radical (unpaired) electrons. The molecule has 2 heterocycles. The third-order valence-corrected chi connectivity index (χ3v) is 5.48. The van der Waals surface area contributed by atoms with Crippen molar-refractivity contribution in [1.29, 1.82) is 0 Å². The van der Waals surface area contributed by atoms with Gasteiger partial charge in [-0.3, -0.25) is 0 Å². The molecule has 3 aromatic rings. The smallest absolute Gasteiger partial charge is 0.258 e. The number of benzene rings is 1. The molecule has 0 saturated heterocycles. The van der Waals surface area contributed by atoms with Crippen molar-refractivity contribution in [3.05, 3.63) is 57.3 Å². The highest BCUT2D eigenvalue weighted by Crippen LogP contribution is 2.24. The van der Waals surface area contributed by atoms with Gasteiger partial charge in [-0.05, 0) is 23.6 Å². The second kappa shape index (κ2) is 6.38. The Kier molecular flexibility index (Phi) is 4.47. The van der Waals surface area contributed by atoms with Crippen molar-refractivity contribution >= 4 is 32.8 Å². The van der Waals surface area contributed by atoms with Gasteiger partial charge in [0.15, 0.2) is 15.7 Å². The molecule has 0 spiro atoms. The number of sulfone groups is 1. The van der Waals surface area contributed by atoms with Crippen molar-refractivity contribution in [2.75, 3.05) is 0 Å². The molecule has 0 fully saturated rings. The first-order valence-corrected chi connectivity index (χ1v) is 9.57. The lowest BCUT2D eigenvalue weighted by Crippen LogP contribution is -2.10. The van der Waals surface area contributed by atoms with Gasteiger partial charge in [0.25, 0.3) is 5.89 Å². The van der Waals surface area contributed by atoms with Crippen LogP contribution in [0.15, 0.2) is 39.5 Å². The molecule has 0 atom stereocenters. The predicted molar refractivity (Wildman–Crippen MR) is 85.3 cm³/mol. The Morgan fingerprint density at radius 3 is 2.78 bits per heavy atom. The maximum atomic E-state index is 13.7. The molecule has 5 nitrogen and oxygen atoms in total. The largest absolute Gasteiger partial charge is 0.334 e. The van der Waals surface area contributed by atoms with Crippen LogP contribution in [0.25, 0.3) is 11.5 Å². The zero-order valence-electron chi connectivity index (χ0n) is 11.6. The predicted octanol–water partition coefficient (Wildman–Crippen LogP) is 3.71. The summed E-state index contributed by atoms with van der Waals surface area (Å²) in [5.41, 5.74) is 0.666. The molecule has 120 valence electrons. The minimum Gasteiger partial charge on any atom is -0.334 e. The van der Waals surface area contributed by atoms with Crippen LogP contribution in [0.3, 0.4) is 0 Å². The van der Waals surface area contributed by atoms with Crippen molar-refractivity contribution in [2.45, 2.75) is 11.5 Å². The van der Waals surface area contributed by atoms with Gasteiger partial charge in [0.1, 0.15) is 11.6 Å². The summed E-state index contributed by atoms with van der Waals surface area (Å²) in [6, 6.07) is 5.81. The summed E-state index contributed by atoms with van der Waals surface area (Å²) in [4.78, 5) is 4.05. The Hall–Kier alpha value is -1.77. The molecule has 0 unspecified atom stereocenters. The maximum Gasteiger partial charge on any atom is 0.258 e. The first kappa shape index (κ1) is 16.1. The third kappa shape index (κ3) is 3.77. The van der Waals surface area contributed by atoms with Gasteiger partial charge >= 0.3 is 0 Å². The molecule has 2 aromatic heterocycles. The summed E-state index contributed by atoms with van der Waals surface area (Å²) in [5, 5.41) is 7.38. The van der Waals surface area contributed by atoms with Crippen molar-refractivity contribution in [1.82, 2.24) is 10.1 Å². The monoisotopic (exact) mass is 372 g/mol. The van der Waals surface area contributed by atoms with Gasteiger partial charge in [-0.15, -0.1) is 0 Å². The number of hydrogen-bond acceptors (Lipinski definition) is 6. The van der Waals surface area contributed by atoms with E-state index in [1.807, 2.05) is 10.8 Å². The van der Waals surface area contributed by atoms with Gasteiger partial charge in [0, 0.05) is 16.0 Å². The second-order valence-corrected chi connectivity index (χ2v) is 8.01. The molecule has 0 bridgehead atoms. The molecule has 1 aromatic carbocycles. The fraction of sp³-hybridized carbons (Fsp3) is 0.143. The molecule has 0 N–H and O–H groups in total. The normalized spacial score (nSPS) is 11.7. The van der Waals surface area contributed by atoms with E-state index in [-0.39, 0.29) is 22.3 Å². The number of aromatic nitrogens is 2. The molecule has 23 heavy (non-hydrogen) atoms. The van der Waals surface area contributed by atoms with E-state index in [1.54, 1.807) is 6.07 Å². The van der Waals surface area contributed by atoms with Crippen LogP contribution in [0, 0.1) is 5.82 Å². The average molecular weight is 373 g/mol. The number of hydrogen-bond donors (Lipinski definition) is 0. The standard InChI is InChI=1S/C14H10ClFN2O3S2/c15-11-2-1-3-12(16)10(11)7-23(19,20)8-13-17-14(21-18-13)9-4-5-22-6-9/h1-6H,7-8H2. The van der Waals surface area contributed by atoms with Gasteiger partial charge in [0.05, 0.1) is 11.3 Å². The number of rotatable bonds is 5. The lowest BCUT2D eigenvalue weighted by Gasteiger charge is -2.05. The van der Waals surface area contributed by atoms with Gasteiger partial charge in [-0.2, -0.15) is 16.3 Å². The number of halogens is 2. The zero-order chi connectivity index (χ0) is 16.4. The van der Waals surface area contributed by atoms with Crippen molar-refractivity contribution in [2.24, 2.45) is 0 Å². The highest BCUT2D eigenvalue weighted by Gasteiger charge is 2.21. The van der Waals surface area contributed by atoms with Gasteiger partial charge in [-0.1, -0.05) is 22.8 Å². The number of nitrogens with zero attached hydrogens (tertiary/aromatic N) is 2. The molecular weight excluding hydrogens is 363 g/mol. The summed E-state index contributed by atoms with van der Waals surface area (Å²) >= 11 is 7.32. The van der Waals surface area contributed by atoms with Gasteiger partial charge in [-0.25, -0.2) is 12.8 Å². The Labute approximate surface area is 140 Å². The molecule has 3 rings (SSSR count). The van der Waals surface area contributed by atoms with E-state index in [9.17, 15) is 12.8 Å². The summed E-state index contributed by atoms with van der Waals surface area (Å²) in [7, 11) is -3.70. The number of thiophene rings is 1. The minimum absolute atomic E-state index is 0.0265. The minimum atomic E-state index is -3.70. The SMILES string of the molecule is O=S(=O)(Cc1noc(-c2ccsc2)n1)Cc1c(F)cccc1Cl. The van der Waals surface area contributed by atoms with E-state index in [0.717, 1.165) is 5.56 Å². The zero-order valence-corrected chi connectivity index (χ0v) is 14.0. The fourth-order valence-electron chi connectivity index (χ4n) is 1.95. The Morgan fingerprint density at radius 2 is 2.09 bits per heavy atom. The Morgan fingerprint density at radius 1 is 1.26 bits per heavy atom. The molecule has 0 amide bonds. The Balaban J connectivity index is 1.79. The summed E-state index contributed by atoms with van der Waals surface area (Å²) in [6.07, 6.45) is 0. The summed E-state index contributed by atoms with van der Waals surface area (Å²) in [5.74, 6) is -1.36. The third-order valence-electron chi connectivity index (χ3n) is 3.01. The molecule has 0 aliphatic heterocycles. The van der Waals surface area contributed by atoms with Crippen molar-refractivity contribution in [3.8, 4) is 11.5 Å². The van der Waals surface area contributed by atoms with Crippen LogP contribution in [-0.4, -0.2) is 18.6 Å². The maximum absolute atomic E-state index is 13.7. The van der Waals surface area contributed by atoms with E-state index >= 15 is 0 Å². The highest BCUT2D eigenvalue weighted by atomic mass is 35.5. The van der Waals surface area contributed by atoms with Crippen LogP contribution >= 0.6 is 22.9 Å². The van der Waals surface area contributed by atoms with Crippen LogP contribution in [0.5, 0.6) is 0 Å². The lowest BCUT2D eigenvalue weighted by atomic mass is 10.2. The Bertz CT molecular complexity index is 903. The second-order valence-electron chi connectivity index (χ2n) is 4.76. The molecule has 0 aliphatic carbocycles. The summed E-state index contributed by atoms with van der Waals surface area (Å²) < 4.78 is 43.2. The highest BCUT2D eigenvalue weighted by molar-refractivity contribution is 7.89. The van der Waals surface area contributed by atoms with E-state index in [1.165, 1.54) is 29.5 Å². The first-order valence-electron chi connectivity index (χ1n) is 6.43. The molecule has 0 aliphatic rings. The summed E-state index contributed by atoms with van der Waals surface area (Å²) in [6.45, 7) is 0. The molecular formula is C14H10ClFN2O3S2. The van der Waals surface area contributed by atoms with Crippen molar-refractivity contribution in [3.63, 3.8) is 0 Å².